The molecule has 0 saturated carbocycles. The van der Waals surface area contributed by atoms with Crippen molar-refractivity contribution in [2.75, 3.05) is 13.1 Å². The summed E-state index contributed by atoms with van der Waals surface area (Å²) >= 11 is 0. The van der Waals surface area contributed by atoms with E-state index in [4.69, 9.17) is 5.73 Å². The fourth-order valence-corrected chi connectivity index (χ4v) is 3.68. The average Bonchev–Trinajstić information content (AvgIpc) is 2.39. The van der Waals surface area contributed by atoms with Gasteiger partial charge < -0.3 is 16.0 Å². The highest BCUT2D eigenvalue weighted by molar-refractivity contribution is 5.80. The summed E-state index contributed by atoms with van der Waals surface area (Å²) in [5.41, 5.74) is 6.38. The number of nitrogens with one attached hydrogen (secondary N) is 1. The van der Waals surface area contributed by atoms with Gasteiger partial charge in [0.2, 0.25) is 5.91 Å². The number of nitrogens with zero attached hydrogens (tertiary/aromatic N) is 1. The van der Waals surface area contributed by atoms with Crippen LogP contribution in [0.15, 0.2) is 23.9 Å². The van der Waals surface area contributed by atoms with Crippen molar-refractivity contribution in [3.8, 4) is 0 Å². The molecule has 0 aromatic rings. The molecule has 0 aromatic carbocycles. The van der Waals surface area contributed by atoms with E-state index >= 15 is 0 Å². The minimum absolute atomic E-state index is 0.00484. The van der Waals surface area contributed by atoms with E-state index in [1.54, 1.807) is 4.90 Å². The molecule has 1 aliphatic carbocycles. The summed E-state index contributed by atoms with van der Waals surface area (Å²) in [5, 5.41) is 2.99. The Labute approximate surface area is 112 Å². The molecular weight excluding hydrogens is 242 g/mol. The number of amides is 3. The van der Waals surface area contributed by atoms with Crippen LogP contribution in [0.5, 0.6) is 0 Å². The van der Waals surface area contributed by atoms with Gasteiger partial charge in [-0.05, 0) is 30.8 Å². The van der Waals surface area contributed by atoms with Gasteiger partial charge in [-0.1, -0.05) is 12.2 Å². The van der Waals surface area contributed by atoms with Crippen molar-refractivity contribution in [2.24, 2.45) is 17.1 Å². The number of nitrogens with two attached hydrogens (primary N) is 1. The predicted octanol–water partition coefficient (Wildman–Crippen LogP) is 1.13. The summed E-state index contributed by atoms with van der Waals surface area (Å²) in [4.78, 5) is 24.8. The lowest BCUT2D eigenvalue weighted by atomic mass is 9.61. The van der Waals surface area contributed by atoms with E-state index < -0.39 is 0 Å². The Balaban J connectivity index is 1.83. The highest BCUT2D eigenvalue weighted by Gasteiger charge is 2.47. The molecule has 102 valence electrons. The molecule has 1 spiro atoms. The fourth-order valence-electron chi connectivity index (χ4n) is 3.68. The third-order valence-corrected chi connectivity index (χ3v) is 4.77. The SMILES string of the molecule is NC(=O)N1CCC2(CC1)CC(=O)NC1=CC=CCC12. The second-order valence-corrected chi connectivity index (χ2v) is 5.75. The molecule has 2 heterocycles. The summed E-state index contributed by atoms with van der Waals surface area (Å²) in [7, 11) is 0. The summed E-state index contributed by atoms with van der Waals surface area (Å²) in [5.74, 6) is 0.482. The number of urea groups is 1. The molecule has 2 saturated heterocycles. The van der Waals surface area contributed by atoms with Crippen LogP contribution in [0.2, 0.25) is 0 Å². The number of carbonyl (C=O) groups is 2. The Morgan fingerprint density at radius 3 is 2.84 bits per heavy atom. The van der Waals surface area contributed by atoms with Gasteiger partial charge in [0, 0.05) is 31.1 Å². The van der Waals surface area contributed by atoms with Gasteiger partial charge in [-0.2, -0.15) is 0 Å². The van der Waals surface area contributed by atoms with Crippen LogP contribution in [0.4, 0.5) is 4.79 Å². The predicted molar refractivity (Wildman–Crippen MR) is 70.9 cm³/mol. The van der Waals surface area contributed by atoms with E-state index in [-0.39, 0.29) is 17.4 Å². The van der Waals surface area contributed by atoms with Gasteiger partial charge in [-0.3, -0.25) is 4.79 Å². The van der Waals surface area contributed by atoms with Gasteiger partial charge >= 0.3 is 6.03 Å². The molecule has 3 N–H and O–H groups in total. The van der Waals surface area contributed by atoms with Crippen LogP contribution in [0, 0.1) is 11.3 Å². The van der Waals surface area contributed by atoms with Crippen molar-refractivity contribution in [1.29, 1.82) is 0 Å². The summed E-state index contributed by atoms with van der Waals surface area (Å²) < 4.78 is 0. The van der Waals surface area contributed by atoms with Crippen LogP contribution in [0.1, 0.15) is 25.7 Å². The molecule has 5 nitrogen and oxygen atoms in total. The number of piperidine rings is 2. The zero-order valence-electron chi connectivity index (χ0n) is 10.9. The third-order valence-electron chi connectivity index (χ3n) is 4.77. The first kappa shape index (κ1) is 12.3. The number of allylic oxidation sites excluding steroid dienone is 4. The quantitative estimate of drug-likeness (QED) is 0.686. The largest absolute Gasteiger partial charge is 0.351 e. The van der Waals surface area contributed by atoms with Crippen LogP contribution in [0.3, 0.4) is 0 Å². The molecule has 3 aliphatic rings. The first-order chi connectivity index (χ1) is 9.11. The zero-order chi connectivity index (χ0) is 13.5. The molecule has 3 rings (SSSR count). The molecule has 1 unspecified atom stereocenters. The molecule has 2 fully saturated rings. The Kier molecular flexibility index (Phi) is 2.84. The number of hydrogen-bond acceptors (Lipinski definition) is 2. The van der Waals surface area contributed by atoms with E-state index in [1.165, 1.54) is 0 Å². The first-order valence-corrected chi connectivity index (χ1v) is 6.82. The third kappa shape index (κ3) is 2.03. The van der Waals surface area contributed by atoms with Crippen molar-refractivity contribution in [3.05, 3.63) is 23.9 Å². The maximum absolute atomic E-state index is 11.9. The van der Waals surface area contributed by atoms with E-state index in [9.17, 15) is 9.59 Å². The second-order valence-electron chi connectivity index (χ2n) is 5.75. The topological polar surface area (TPSA) is 75.4 Å². The summed E-state index contributed by atoms with van der Waals surface area (Å²) in [6.07, 6.45) is 9.43. The maximum Gasteiger partial charge on any atom is 0.314 e. The Bertz CT molecular complexity index is 473. The van der Waals surface area contributed by atoms with Gasteiger partial charge in [-0.25, -0.2) is 4.79 Å². The molecular formula is C14H19N3O2. The van der Waals surface area contributed by atoms with Crippen molar-refractivity contribution in [3.63, 3.8) is 0 Å². The number of likely N-dealkylation sites (tertiary alicyclic amines) is 1. The molecule has 19 heavy (non-hydrogen) atoms. The molecule has 5 heteroatoms. The number of fused-ring (bicyclic) bond motifs is 2. The lowest BCUT2D eigenvalue weighted by Gasteiger charge is -2.49. The molecule has 1 atom stereocenters. The van der Waals surface area contributed by atoms with Crippen LogP contribution in [-0.4, -0.2) is 29.9 Å². The molecule has 0 aromatic heterocycles. The highest BCUT2D eigenvalue weighted by Crippen LogP contribution is 2.49. The first-order valence-electron chi connectivity index (χ1n) is 6.82. The fraction of sp³-hybridized carbons (Fsp3) is 0.571. The molecule has 0 bridgehead atoms. The minimum Gasteiger partial charge on any atom is -0.351 e. The number of primary amides is 1. The number of hydrogen-bond donors (Lipinski definition) is 2. The van der Waals surface area contributed by atoms with Gasteiger partial charge in [-0.15, -0.1) is 0 Å². The van der Waals surface area contributed by atoms with Crippen molar-refractivity contribution in [1.82, 2.24) is 10.2 Å². The lowest BCUT2D eigenvalue weighted by molar-refractivity contribution is -0.127. The second kappa shape index (κ2) is 4.40. The van der Waals surface area contributed by atoms with E-state index in [1.807, 2.05) is 12.2 Å². The monoisotopic (exact) mass is 261 g/mol. The maximum atomic E-state index is 11.9. The van der Waals surface area contributed by atoms with Crippen molar-refractivity contribution in [2.45, 2.75) is 25.7 Å². The minimum atomic E-state index is -0.352. The lowest BCUT2D eigenvalue weighted by Crippen LogP contribution is -2.53. The van der Waals surface area contributed by atoms with Crippen molar-refractivity contribution < 1.29 is 9.59 Å². The van der Waals surface area contributed by atoms with Crippen LogP contribution in [-0.2, 0) is 4.79 Å². The van der Waals surface area contributed by atoms with E-state index in [0.717, 1.165) is 25.0 Å². The normalized spacial score (nSPS) is 28.6. The number of carbonyl (C=O) groups excluding carboxylic acids is 2. The molecule has 3 amide bonds. The Morgan fingerprint density at radius 2 is 2.16 bits per heavy atom. The van der Waals surface area contributed by atoms with Gasteiger partial charge in [0.15, 0.2) is 0 Å². The summed E-state index contributed by atoms with van der Waals surface area (Å²) in [6.45, 7) is 1.33. The smallest absolute Gasteiger partial charge is 0.314 e. The van der Waals surface area contributed by atoms with Gasteiger partial charge in [0.05, 0.1) is 0 Å². The molecule has 2 aliphatic heterocycles. The van der Waals surface area contributed by atoms with Crippen LogP contribution in [0.25, 0.3) is 0 Å². The summed E-state index contributed by atoms with van der Waals surface area (Å²) in [6, 6.07) is -0.352. The van der Waals surface area contributed by atoms with Crippen LogP contribution < -0.4 is 11.1 Å². The van der Waals surface area contributed by atoms with Crippen molar-refractivity contribution >= 4 is 11.9 Å². The van der Waals surface area contributed by atoms with Gasteiger partial charge in [0.25, 0.3) is 0 Å². The Hall–Kier alpha value is -1.78. The zero-order valence-corrected chi connectivity index (χ0v) is 10.9. The molecule has 0 radical (unpaired) electrons. The highest BCUT2D eigenvalue weighted by atomic mass is 16.2. The van der Waals surface area contributed by atoms with E-state index in [2.05, 4.69) is 11.4 Å². The average molecular weight is 261 g/mol. The number of rotatable bonds is 0. The van der Waals surface area contributed by atoms with Gasteiger partial charge in [0.1, 0.15) is 0 Å². The van der Waals surface area contributed by atoms with E-state index in [0.29, 0.717) is 25.4 Å². The standard InChI is InChI=1S/C14H19N3O2/c15-13(19)17-7-5-14(6-8-17)9-12(18)16-11-4-2-1-3-10(11)14/h1-2,4,10H,3,5-9H2,(H2,15,19)(H,16,18). The Morgan fingerprint density at radius 1 is 1.42 bits per heavy atom. The van der Waals surface area contributed by atoms with Crippen LogP contribution >= 0.6 is 0 Å².